The lowest BCUT2D eigenvalue weighted by Gasteiger charge is -2.28. The molecule has 1 aliphatic rings. The van der Waals surface area contributed by atoms with E-state index in [1.165, 1.54) is 22.3 Å². The second kappa shape index (κ2) is 8.99. The normalized spacial score (nSPS) is 13.6. The Bertz CT molecular complexity index is 1180. The fourth-order valence-corrected chi connectivity index (χ4v) is 3.95. The molecule has 1 amide bonds. The van der Waals surface area contributed by atoms with Gasteiger partial charge >= 0.3 is 0 Å². The second-order valence-electron chi connectivity index (χ2n) is 7.59. The van der Waals surface area contributed by atoms with E-state index in [1.807, 2.05) is 18.2 Å². The van der Waals surface area contributed by atoms with Crippen LogP contribution >= 0.6 is 11.6 Å². The number of carbonyl (C=O) groups is 1. The van der Waals surface area contributed by atoms with Gasteiger partial charge in [-0.1, -0.05) is 41.9 Å². The Balaban J connectivity index is 1.49. The van der Waals surface area contributed by atoms with Crippen molar-refractivity contribution < 1.29 is 9.18 Å². The van der Waals surface area contributed by atoms with E-state index >= 15 is 0 Å². The number of aromatic nitrogens is 2. The Morgan fingerprint density at radius 3 is 2.74 bits per heavy atom. The number of fused-ring (bicyclic) bond motifs is 1. The molecule has 160 valence electrons. The van der Waals surface area contributed by atoms with Crippen LogP contribution in [0.5, 0.6) is 0 Å². The van der Waals surface area contributed by atoms with Crippen LogP contribution in [-0.4, -0.2) is 26.9 Å². The van der Waals surface area contributed by atoms with E-state index in [4.69, 9.17) is 11.6 Å². The fraction of sp³-hybridized carbons (Fsp3) is 0.261. The van der Waals surface area contributed by atoms with Gasteiger partial charge in [-0.3, -0.25) is 19.1 Å². The summed E-state index contributed by atoms with van der Waals surface area (Å²) in [5.74, 6) is -0.682. The molecular formula is C23H22ClFN4O2. The first-order chi connectivity index (χ1) is 14.9. The molecule has 0 bridgehead atoms. The number of hydrogen-bond acceptors (Lipinski definition) is 4. The van der Waals surface area contributed by atoms with Gasteiger partial charge in [0.15, 0.2) is 0 Å². The third kappa shape index (κ3) is 4.84. The van der Waals surface area contributed by atoms with E-state index in [0.717, 1.165) is 24.8 Å². The van der Waals surface area contributed by atoms with Crippen molar-refractivity contribution in [2.24, 2.45) is 0 Å². The van der Waals surface area contributed by atoms with Gasteiger partial charge < -0.3 is 5.32 Å². The Morgan fingerprint density at radius 2 is 2.00 bits per heavy atom. The van der Waals surface area contributed by atoms with E-state index in [1.54, 1.807) is 6.92 Å². The Labute approximate surface area is 184 Å². The number of halogens is 2. The Kier molecular flexibility index (Phi) is 6.15. The molecular weight excluding hydrogens is 419 g/mol. The molecule has 3 aromatic rings. The standard InChI is InChI=1S/C23H22ClFN4O2/c1-15-26-21-13-28(12-16-5-3-2-4-6-16)10-9-18(21)23(31)29(15)14-22(30)27-20-8-7-17(24)11-19(20)25/h2-8,11H,9-10,12-14H2,1H3,(H,27,30). The molecule has 1 aromatic heterocycles. The van der Waals surface area contributed by atoms with Gasteiger partial charge in [0.05, 0.1) is 11.4 Å². The van der Waals surface area contributed by atoms with Crippen LogP contribution in [0.3, 0.4) is 0 Å². The summed E-state index contributed by atoms with van der Waals surface area (Å²) < 4.78 is 15.3. The first kappa shape index (κ1) is 21.2. The maximum absolute atomic E-state index is 13.9. The highest BCUT2D eigenvalue weighted by molar-refractivity contribution is 6.30. The lowest BCUT2D eigenvalue weighted by Crippen LogP contribution is -2.39. The van der Waals surface area contributed by atoms with E-state index < -0.39 is 11.7 Å². The summed E-state index contributed by atoms with van der Waals surface area (Å²) in [5, 5.41) is 2.73. The van der Waals surface area contributed by atoms with Crippen molar-refractivity contribution in [1.29, 1.82) is 0 Å². The molecule has 0 aliphatic carbocycles. The largest absolute Gasteiger partial charge is 0.322 e. The van der Waals surface area contributed by atoms with E-state index in [2.05, 4.69) is 27.3 Å². The van der Waals surface area contributed by atoms with Crippen LogP contribution in [0.4, 0.5) is 10.1 Å². The summed E-state index contributed by atoms with van der Waals surface area (Å²) >= 11 is 5.74. The number of hydrogen-bond donors (Lipinski definition) is 1. The lowest BCUT2D eigenvalue weighted by atomic mass is 10.1. The number of carbonyl (C=O) groups excluding carboxylic acids is 1. The summed E-state index contributed by atoms with van der Waals surface area (Å²) in [7, 11) is 0. The lowest BCUT2D eigenvalue weighted by molar-refractivity contribution is -0.116. The Morgan fingerprint density at radius 1 is 1.23 bits per heavy atom. The maximum Gasteiger partial charge on any atom is 0.257 e. The summed E-state index contributed by atoms with van der Waals surface area (Å²) in [6.45, 7) is 3.58. The van der Waals surface area contributed by atoms with Crippen LogP contribution in [0.2, 0.25) is 5.02 Å². The predicted octanol–water partition coefficient (Wildman–Crippen LogP) is 3.54. The number of rotatable bonds is 5. The number of benzene rings is 2. The van der Waals surface area contributed by atoms with E-state index in [9.17, 15) is 14.0 Å². The monoisotopic (exact) mass is 440 g/mol. The first-order valence-corrected chi connectivity index (χ1v) is 10.4. The molecule has 0 saturated carbocycles. The van der Waals surface area contributed by atoms with Gasteiger partial charge in [-0.25, -0.2) is 9.37 Å². The topological polar surface area (TPSA) is 67.2 Å². The molecule has 1 aliphatic heterocycles. The molecule has 1 N–H and O–H groups in total. The van der Waals surface area contributed by atoms with Gasteiger partial charge in [-0.15, -0.1) is 0 Å². The van der Waals surface area contributed by atoms with Crippen molar-refractivity contribution >= 4 is 23.2 Å². The molecule has 0 spiro atoms. The summed E-state index contributed by atoms with van der Waals surface area (Å²) in [4.78, 5) is 32.3. The van der Waals surface area contributed by atoms with Gasteiger partial charge in [0, 0.05) is 30.2 Å². The predicted molar refractivity (Wildman–Crippen MR) is 118 cm³/mol. The van der Waals surface area contributed by atoms with E-state index in [0.29, 0.717) is 24.4 Å². The number of anilines is 1. The summed E-state index contributed by atoms with van der Waals surface area (Å²) in [6.07, 6.45) is 0.571. The molecule has 31 heavy (non-hydrogen) atoms. The van der Waals surface area contributed by atoms with Crippen molar-refractivity contribution in [3.05, 3.63) is 92.4 Å². The SMILES string of the molecule is Cc1nc2c(c(=O)n1CC(=O)Nc1ccc(Cl)cc1F)CCN(Cc1ccccc1)C2. The van der Waals surface area contributed by atoms with Crippen molar-refractivity contribution in [2.75, 3.05) is 11.9 Å². The van der Waals surface area contributed by atoms with Crippen LogP contribution in [0.15, 0.2) is 53.3 Å². The van der Waals surface area contributed by atoms with Crippen LogP contribution in [0, 0.1) is 12.7 Å². The zero-order valence-electron chi connectivity index (χ0n) is 17.1. The molecule has 0 fully saturated rings. The van der Waals surface area contributed by atoms with E-state index in [-0.39, 0.29) is 22.8 Å². The smallest absolute Gasteiger partial charge is 0.257 e. The van der Waals surface area contributed by atoms with Crippen LogP contribution in [-0.2, 0) is 30.8 Å². The maximum atomic E-state index is 13.9. The summed E-state index contributed by atoms with van der Waals surface area (Å²) in [5.41, 5.74) is 2.41. The number of nitrogens with zero attached hydrogens (tertiary/aromatic N) is 3. The third-order valence-electron chi connectivity index (χ3n) is 5.35. The average molecular weight is 441 g/mol. The fourth-order valence-electron chi connectivity index (χ4n) is 3.79. The van der Waals surface area contributed by atoms with Crippen molar-refractivity contribution in [1.82, 2.24) is 14.5 Å². The molecule has 4 rings (SSSR count). The molecule has 2 aromatic carbocycles. The first-order valence-electron chi connectivity index (χ1n) is 10.0. The van der Waals surface area contributed by atoms with Crippen LogP contribution in [0.1, 0.15) is 22.6 Å². The van der Waals surface area contributed by atoms with Gasteiger partial charge in [0.2, 0.25) is 5.91 Å². The van der Waals surface area contributed by atoms with Crippen LogP contribution < -0.4 is 10.9 Å². The van der Waals surface area contributed by atoms with Gasteiger partial charge in [0.1, 0.15) is 18.2 Å². The number of aryl methyl sites for hydroxylation is 1. The molecule has 0 unspecified atom stereocenters. The summed E-state index contributed by atoms with van der Waals surface area (Å²) in [6, 6.07) is 14.2. The highest BCUT2D eigenvalue weighted by Crippen LogP contribution is 2.19. The minimum absolute atomic E-state index is 0.0163. The molecule has 8 heteroatoms. The minimum Gasteiger partial charge on any atom is -0.322 e. The zero-order valence-corrected chi connectivity index (χ0v) is 17.8. The quantitative estimate of drug-likeness (QED) is 0.659. The molecule has 0 saturated heterocycles. The zero-order chi connectivity index (χ0) is 22.0. The van der Waals surface area contributed by atoms with Gasteiger partial charge in [-0.05, 0) is 37.1 Å². The minimum atomic E-state index is -0.632. The van der Waals surface area contributed by atoms with Crippen LogP contribution in [0.25, 0.3) is 0 Å². The Hall–Kier alpha value is -3.03. The van der Waals surface area contributed by atoms with Gasteiger partial charge in [0.25, 0.3) is 5.56 Å². The average Bonchev–Trinajstić information content (AvgIpc) is 2.74. The highest BCUT2D eigenvalue weighted by Gasteiger charge is 2.23. The second-order valence-corrected chi connectivity index (χ2v) is 8.03. The van der Waals surface area contributed by atoms with Crippen molar-refractivity contribution in [2.45, 2.75) is 33.0 Å². The highest BCUT2D eigenvalue weighted by atomic mass is 35.5. The van der Waals surface area contributed by atoms with Crippen molar-refractivity contribution in [3.8, 4) is 0 Å². The molecule has 6 nitrogen and oxygen atoms in total. The van der Waals surface area contributed by atoms with Gasteiger partial charge in [-0.2, -0.15) is 0 Å². The third-order valence-corrected chi connectivity index (χ3v) is 5.58. The molecule has 2 heterocycles. The number of nitrogens with one attached hydrogen (secondary N) is 1. The molecule has 0 radical (unpaired) electrons. The number of amides is 1. The molecule has 0 atom stereocenters. The van der Waals surface area contributed by atoms with Crippen molar-refractivity contribution in [3.63, 3.8) is 0 Å².